The molecule has 0 saturated carbocycles. The molecule has 2 heterocycles. The molecule has 0 aliphatic carbocycles. The molecule has 0 aliphatic heterocycles. The van der Waals surface area contributed by atoms with E-state index in [1.807, 2.05) is 30.3 Å². The Morgan fingerprint density at radius 2 is 1.85 bits per heavy atom. The van der Waals surface area contributed by atoms with E-state index in [9.17, 15) is 9.59 Å². The summed E-state index contributed by atoms with van der Waals surface area (Å²) in [7, 11) is 0. The van der Waals surface area contributed by atoms with Gasteiger partial charge in [-0.25, -0.2) is 9.97 Å². The highest BCUT2D eigenvalue weighted by Crippen LogP contribution is 2.10. The second-order valence-corrected chi connectivity index (χ2v) is 6.31. The number of para-hydroxylation sites is 3. The molecule has 7 nitrogen and oxygen atoms in total. The van der Waals surface area contributed by atoms with Crippen LogP contribution in [0.3, 0.4) is 0 Å². The second kappa shape index (κ2) is 7.41. The van der Waals surface area contributed by atoms with Crippen molar-refractivity contribution >= 4 is 27.8 Å². The van der Waals surface area contributed by atoms with Crippen LogP contribution in [0, 0.1) is 0 Å². The summed E-state index contributed by atoms with van der Waals surface area (Å²) in [4.78, 5) is 36.5. The minimum atomic E-state index is -0.129. The molecule has 0 bridgehead atoms. The molecule has 0 saturated heterocycles. The fourth-order valence-corrected chi connectivity index (χ4v) is 3.02. The van der Waals surface area contributed by atoms with Crippen molar-refractivity contribution in [3.8, 4) is 0 Å². The molecule has 136 valence electrons. The van der Waals surface area contributed by atoms with Crippen LogP contribution in [-0.4, -0.2) is 32.0 Å². The fourth-order valence-electron chi connectivity index (χ4n) is 3.02. The maximum absolute atomic E-state index is 12.4. The number of hydrogen-bond acceptors (Lipinski definition) is 4. The monoisotopic (exact) mass is 361 g/mol. The summed E-state index contributed by atoms with van der Waals surface area (Å²) < 4.78 is 1.47. The van der Waals surface area contributed by atoms with Crippen LogP contribution in [0.5, 0.6) is 0 Å². The van der Waals surface area contributed by atoms with E-state index in [0.717, 1.165) is 16.9 Å². The van der Waals surface area contributed by atoms with E-state index >= 15 is 0 Å². The number of imidazole rings is 1. The maximum atomic E-state index is 12.4. The number of aromatic amines is 1. The van der Waals surface area contributed by atoms with Crippen molar-refractivity contribution in [2.75, 3.05) is 6.54 Å². The predicted molar refractivity (Wildman–Crippen MR) is 103 cm³/mol. The third-order valence-corrected chi connectivity index (χ3v) is 4.43. The number of benzene rings is 2. The number of fused-ring (bicyclic) bond motifs is 2. The predicted octanol–water partition coefficient (Wildman–Crippen LogP) is 2.02. The van der Waals surface area contributed by atoms with Crippen LogP contribution in [0.25, 0.3) is 21.9 Å². The van der Waals surface area contributed by atoms with Gasteiger partial charge in [-0.3, -0.25) is 14.2 Å². The first kappa shape index (κ1) is 17.0. The van der Waals surface area contributed by atoms with Crippen LogP contribution < -0.4 is 10.9 Å². The normalized spacial score (nSPS) is 11.1. The summed E-state index contributed by atoms with van der Waals surface area (Å²) in [6.45, 7) is 0.788. The number of carbonyl (C=O) groups excluding carboxylic acids is 1. The summed E-state index contributed by atoms with van der Waals surface area (Å²) in [5.41, 5.74) is 2.44. The van der Waals surface area contributed by atoms with Crippen molar-refractivity contribution in [3.63, 3.8) is 0 Å². The van der Waals surface area contributed by atoms with Gasteiger partial charge in [-0.15, -0.1) is 0 Å². The molecule has 0 aliphatic rings. The Kier molecular flexibility index (Phi) is 4.65. The molecule has 0 fully saturated rings. The summed E-state index contributed by atoms with van der Waals surface area (Å²) in [6, 6.07) is 15.0. The highest BCUT2D eigenvalue weighted by Gasteiger charge is 2.07. The molecular formula is C20H19N5O2. The molecule has 0 atom stereocenters. The maximum Gasteiger partial charge on any atom is 0.261 e. The smallest absolute Gasteiger partial charge is 0.261 e. The number of nitrogens with zero attached hydrogens (tertiary/aromatic N) is 3. The number of H-pyrrole nitrogens is 1. The lowest BCUT2D eigenvalue weighted by Crippen LogP contribution is -2.29. The van der Waals surface area contributed by atoms with E-state index in [1.165, 1.54) is 10.9 Å². The van der Waals surface area contributed by atoms with Crippen molar-refractivity contribution < 1.29 is 4.79 Å². The molecule has 0 radical (unpaired) electrons. The number of aromatic nitrogens is 4. The van der Waals surface area contributed by atoms with Crippen molar-refractivity contribution in [1.29, 1.82) is 0 Å². The zero-order valence-electron chi connectivity index (χ0n) is 14.7. The Bertz CT molecular complexity index is 1130. The molecule has 4 rings (SSSR count). The number of aryl methyl sites for hydroxylation is 1. The number of rotatable bonds is 6. The van der Waals surface area contributed by atoms with Gasteiger partial charge in [0.15, 0.2) is 0 Å². The van der Waals surface area contributed by atoms with Crippen molar-refractivity contribution in [2.24, 2.45) is 0 Å². The molecule has 7 heteroatoms. The van der Waals surface area contributed by atoms with Gasteiger partial charge in [-0.05, 0) is 24.3 Å². The van der Waals surface area contributed by atoms with Gasteiger partial charge in [0.05, 0.1) is 28.3 Å². The Labute approximate surface area is 155 Å². The summed E-state index contributed by atoms with van der Waals surface area (Å²) in [5.74, 6) is 0.734. The third kappa shape index (κ3) is 3.72. The van der Waals surface area contributed by atoms with E-state index < -0.39 is 0 Å². The summed E-state index contributed by atoms with van der Waals surface area (Å²) >= 11 is 0. The van der Waals surface area contributed by atoms with Crippen LogP contribution in [0.2, 0.25) is 0 Å². The Morgan fingerprint density at radius 3 is 2.70 bits per heavy atom. The molecule has 2 aromatic heterocycles. The molecule has 0 unspecified atom stereocenters. The fraction of sp³-hybridized carbons (Fsp3) is 0.200. The van der Waals surface area contributed by atoms with E-state index in [-0.39, 0.29) is 17.9 Å². The van der Waals surface area contributed by atoms with Crippen molar-refractivity contribution in [1.82, 2.24) is 24.8 Å². The zero-order valence-corrected chi connectivity index (χ0v) is 14.7. The molecule has 2 aromatic carbocycles. The second-order valence-electron chi connectivity index (χ2n) is 6.31. The number of hydrogen-bond donors (Lipinski definition) is 2. The van der Waals surface area contributed by atoms with Gasteiger partial charge in [0.25, 0.3) is 5.56 Å². The van der Waals surface area contributed by atoms with Gasteiger partial charge in [0.1, 0.15) is 5.82 Å². The molecule has 2 N–H and O–H groups in total. The van der Waals surface area contributed by atoms with E-state index in [4.69, 9.17) is 0 Å². The van der Waals surface area contributed by atoms with Gasteiger partial charge in [0, 0.05) is 25.9 Å². The average Bonchev–Trinajstić information content (AvgIpc) is 3.10. The molecule has 4 aromatic rings. The summed E-state index contributed by atoms with van der Waals surface area (Å²) in [6.07, 6.45) is 2.34. The highest BCUT2D eigenvalue weighted by molar-refractivity contribution is 5.77. The Morgan fingerprint density at radius 1 is 1.07 bits per heavy atom. The van der Waals surface area contributed by atoms with Crippen LogP contribution in [0.15, 0.2) is 59.7 Å². The lowest BCUT2D eigenvalue weighted by molar-refractivity contribution is -0.121. The van der Waals surface area contributed by atoms with Crippen LogP contribution >= 0.6 is 0 Å². The summed E-state index contributed by atoms with van der Waals surface area (Å²) in [5, 5.41) is 3.43. The van der Waals surface area contributed by atoms with Crippen LogP contribution in [0.1, 0.15) is 12.2 Å². The first-order valence-electron chi connectivity index (χ1n) is 8.85. The van der Waals surface area contributed by atoms with E-state index in [0.29, 0.717) is 30.4 Å². The molecular weight excluding hydrogens is 342 g/mol. The number of nitrogens with one attached hydrogen (secondary N) is 2. The van der Waals surface area contributed by atoms with Crippen molar-refractivity contribution in [2.45, 2.75) is 19.4 Å². The van der Waals surface area contributed by atoms with Gasteiger partial charge >= 0.3 is 0 Å². The number of carbonyl (C=O) groups is 1. The lowest BCUT2D eigenvalue weighted by Gasteiger charge is -2.07. The first-order valence-corrected chi connectivity index (χ1v) is 8.85. The average molecular weight is 361 g/mol. The van der Waals surface area contributed by atoms with E-state index in [2.05, 4.69) is 20.3 Å². The third-order valence-electron chi connectivity index (χ3n) is 4.43. The van der Waals surface area contributed by atoms with Crippen molar-refractivity contribution in [3.05, 3.63) is 71.0 Å². The molecule has 1 amide bonds. The SMILES string of the molecule is O=C(CCn1cnc2ccccc2c1=O)NCCc1nc2ccccc2[nH]1. The Hall–Kier alpha value is -3.48. The molecule has 27 heavy (non-hydrogen) atoms. The van der Waals surface area contributed by atoms with Gasteiger partial charge in [-0.1, -0.05) is 24.3 Å². The quantitative estimate of drug-likeness (QED) is 0.549. The largest absolute Gasteiger partial charge is 0.356 e. The van der Waals surface area contributed by atoms with Gasteiger partial charge in [0.2, 0.25) is 5.91 Å². The van der Waals surface area contributed by atoms with Crippen LogP contribution in [0.4, 0.5) is 0 Å². The van der Waals surface area contributed by atoms with Gasteiger partial charge < -0.3 is 10.3 Å². The standard InChI is InChI=1S/C20H19N5O2/c26-19(21-11-9-18-23-16-7-3-4-8-17(16)24-18)10-12-25-13-22-15-6-2-1-5-14(15)20(25)27/h1-8,13H,9-12H2,(H,21,26)(H,23,24). The lowest BCUT2D eigenvalue weighted by atomic mass is 10.2. The number of amides is 1. The van der Waals surface area contributed by atoms with Gasteiger partial charge in [-0.2, -0.15) is 0 Å². The van der Waals surface area contributed by atoms with Crippen LogP contribution in [-0.2, 0) is 17.8 Å². The Balaban J connectivity index is 1.31. The first-order chi connectivity index (χ1) is 13.2. The minimum Gasteiger partial charge on any atom is -0.356 e. The van der Waals surface area contributed by atoms with E-state index in [1.54, 1.807) is 18.2 Å². The molecule has 0 spiro atoms. The minimum absolute atomic E-state index is 0.105. The topological polar surface area (TPSA) is 92.7 Å². The zero-order chi connectivity index (χ0) is 18.6. The highest BCUT2D eigenvalue weighted by atomic mass is 16.1.